The van der Waals surface area contributed by atoms with Gasteiger partial charge in [-0.15, -0.1) is 11.3 Å². The smallest absolute Gasteiger partial charge is 0.122 e. The summed E-state index contributed by atoms with van der Waals surface area (Å²) in [4.78, 5) is 2.84. The third-order valence-electron chi connectivity index (χ3n) is 3.49. The lowest BCUT2D eigenvalue weighted by Gasteiger charge is -2.18. The van der Waals surface area contributed by atoms with Crippen molar-refractivity contribution in [2.75, 3.05) is 13.7 Å². The molecule has 0 bridgehead atoms. The highest BCUT2D eigenvalue weighted by Gasteiger charge is 2.16. The van der Waals surface area contributed by atoms with Crippen LogP contribution in [0.25, 0.3) is 0 Å². The Labute approximate surface area is 139 Å². The molecule has 1 aromatic carbocycles. The van der Waals surface area contributed by atoms with Gasteiger partial charge in [-0.05, 0) is 55.3 Å². The second kappa shape index (κ2) is 7.97. The van der Waals surface area contributed by atoms with Crippen molar-refractivity contribution in [1.29, 1.82) is 0 Å². The standard InChI is InChI=1S/C17H22BrNOS/c1-4-14-7-9-17(21-14)15(19-5-2)11-12-10-13(18)6-8-16(12)20-3/h6-10,15,19H,4-5,11H2,1-3H3. The first-order valence-corrected chi connectivity index (χ1v) is 8.93. The number of likely N-dealkylation sites (N-methyl/N-ethyl adjacent to an activating group) is 1. The van der Waals surface area contributed by atoms with Gasteiger partial charge in [0.15, 0.2) is 0 Å². The van der Waals surface area contributed by atoms with E-state index >= 15 is 0 Å². The van der Waals surface area contributed by atoms with Gasteiger partial charge >= 0.3 is 0 Å². The molecule has 2 rings (SSSR count). The van der Waals surface area contributed by atoms with Crippen LogP contribution in [0, 0.1) is 0 Å². The molecule has 0 amide bonds. The van der Waals surface area contributed by atoms with Crippen molar-refractivity contribution in [3.05, 3.63) is 50.1 Å². The molecule has 21 heavy (non-hydrogen) atoms. The van der Waals surface area contributed by atoms with E-state index in [2.05, 4.69) is 53.3 Å². The Morgan fingerprint density at radius 3 is 2.67 bits per heavy atom. The number of ether oxygens (including phenoxy) is 1. The highest BCUT2D eigenvalue weighted by molar-refractivity contribution is 9.10. The molecule has 0 aliphatic rings. The molecule has 1 heterocycles. The van der Waals surface area contributed by atoms with Gasteiger partial charge in [0.2, 0.25) is 0 Å². The fourth-order valence-electron chi connectivity index (χ4n) is 2.42. The van der Waals surface area contributed by atoms with Crippen LogP contribution in [0.15, 0.2) is 34.8 Å². The summed E-state index contributed by atoms with van der Waals surface area (Å²) in [7, 11) is 1.73. The fraction of sp³-hybridized carbons (Fsp3) is 0.412. The van der Waals surface area contributed by atoms with Crippen LogP contribution in [0.3, 0.4) is 0 Å². The Morgan fingerprint density at radius 2 is 2.05 bits per heavy atom. The Hall–Kier alpha value is -0.840. The van der Waals surface area contributed by atoms with Gasteiger partial charge in [0.25, 0.3) is 0 Å². The van der Waals surface area contributed by atoms with E-state index in [1.54, 1.807) is 7.11 Å². The monoisotopic (exact) mass is 367 g/mol. The molecule has 0 aliphatic carbocycles. The second-order valence-corrected chi connectivity index (χ2v) is 7.04. The summed E-state index contributed by atoms with van der Waals surface area (Å²) in [6.45, 7) is 5.31. The zero-order chi connectivity index (χ0) is 15.2. The SMILES string of the molecule is CCNC(Cc1cc(Br)ccc1OC)c1ccc(CC)s1. The van der Waals surface area contributed by atoms with Gasteiger partial charge in [-0.3, -0.25) is 0 Å². The fourth-order valence-corrected chi connectivity index (χ4v) is 3.85. The molecule has 1 unspecified atom stereocenters. The molecule has 1 atom stereocenters. The van der Waals surface area contributed by atoms with Gasteiger partial charge in [0.05, 0.1) is 7.11 Å². The van der Waals surface area contributed by atoms with Crippen molar-refractivity contribution in [2.45, 2.75) is 32.7 Å². The van der Waals surface area contributed by atoms with Crippen LogP contribution in [0.1, 0.15) is 35.2 Å². The lowest BCUT2D eigenvalue weighted by atomic mass is 10.0. The zero-order valence-corrected chi connectivity index (χ0v) is 15.2. The third-order valence-corrected chi connectivity index (χ3v) is 5.33. The Morgan fingerprint density at radius 1 is 1.24 bits per heavy atom. The van der Waals surface area contributed by atoms with Crippen LogP contribution >= 0.6 is 27.3 Å². The normalized spacial score (nSPS) is 12.4. The topological polar surface area (TPSA) is 21.3 Å². The summed E-state index contributed by atoms with van der Waals surface area (Å²) >= 11 is 5.46. The molecule has 2 aromatic rings. The number of aryl methyl sites for hydroxylation is 1. The van der Waals surface area contributed by atoms with E-state index in [1.807, 2.05) is 23.5 Å². The van der Waals surface area contributed by atoms with E-state index in [9.17, 15) is 0 Å². The molecule has 0 fully saturated rings. The lowest BCUT2D eigenvalue weighted by Crippen LogP contribution is -2.22. The molecule has 1 N–H and O–H groups in total. The number of hydrogen-bond donors (Lipinski definition) is 1. The summed E-state index contributed by atoms with van der Waals surface area (Å²) in [6, 6.07) is 11.0. The maximum atomic E-state index is 5.50. The van der Waals surface area contributed by atoms with Crippen LogP contribution in [0.5, 0.6) is 5.75 Å². The number of rotatable bonds is 7. The minimum atomic E-state index is 0.337. The quantitative estimate of drug-likeness (QED) is 0.745. The van der Waals surface area contributed by atoms with Crippen LogP contribution in [-0.2, 0) is 12.8 Å². The van der Waals surface area contributed by atoms with Gasteiger partial charge in [0, 0.05) is 20.3 Å². The van der Waals surface area contributed by atoms with E-state index in [-0.39, 0.29) is 0 Å². The van der Waals surface area contributed by atoms with E-state index in [0.717, 1.165) is 29.6 Å². The molecular formula is C17H22BrNOS. The minimum absolute atomic E-state index is 0.337. The molecule has 2 nitrogen and oxygen atoms in total. The molecule has 1 aromatic heterocycles. The zero-order valence-electron chi connectivity index (χ0n) is 12.8. The molecule has 4 heteroatoms. The van der Waals surface area contributed by atoms with Gasteiger partial charge in [-0.1, -0.05) is 29.8 Å². The van der Waals surface area contributed by atoms with Gasteiger partial charge in [-0.25, -0.2) is 0 Å². The molecule has 114 valence electrons. The maximum absolute atomic E-state index is 5.50. The van der Waals surface area contributed by atoms with E-state index < -0.39 is 0 Å². The number of methoxy groups -OCH3 is 1. The first-order valence-electron chi connectivity index (χ1n) is 7.32. The van der Waals surface area contributed by atoms with Gasteiger partial charge < -0.3 is 10.1 Å². The summed E-state index contributed by atoms with van der Waals surface area (Å²) in [5.74, 6) is 0.952. The van der Waals surface area contributed by atoms with E-state index in [1.165, 1.54) is 15.3 Å². The predicted molar refractivity (Wildman–Crippen MR) is 94.5 cm³/mol. The van der Waals surface area contributed by atoms with Crippen LogP contribution < -0.4 is 10.1 Å². The Kier molecular flexibility index (Phi) is 6.27. The highest BCUT2D eigenvalue weighted by Crippen LogP contribution is 2.31. The van der Waals surface area contributed by atoms with Crippen molar-refractivity contribution in [3.8, 4) is 5.75 Å². The molecule has 0 saturated heterocycles. The van der Waals surface area contributed by atoms with Crippen molar-refractivity contribution in [3.63, 3.8) is 0 Å². The first-order chi connectivity index (χ1) is 10.2. The number of hydrogen-bond acceptors (Lipinski definition) is 3. The van der Waals surface area contributed by atoms with Crippen LogP contribution in [0.2, 0.25) is 0 Å². The minimum Gasteiger partial charge on any atom is -0.496 e. The summed E-state index contributed by atoms with van der Waals surface area (Å²) in [6.07, 6.45) is 2.03. The molecule has 0 radical (unpaired) electrons. The number of nitrogens with one attached hydrogen (secondary N) is 1. The number of benzene rings is 1. The average molecular weight is 368 g/mol. The Bertz CT molecular complexity index is 582. The molecule has 0 aliphatic heterocycles. The lowest BCUT2D eigenvalue weighted by molar-refractivity contribution is 0.406. The van der Waals surface area contributed by atoms with Crippen molar-refractivity contribution >= 4 is 27.3 Å². The first kappa shape index (κ1) is 16.5. The highest BCUT2D eigenvalue weighted by atomic mass is 79.9. The number of thiophene rings is 1. The molecule has 0 spiro atoms. The van der Waals surface area contributed by atoms with E-state index in [4.69, 9.17) is 4.74 Å². The maximum Gasteiger partial charge on any atom is 0.122 e. The van der Waals surface area contributed by atoms with Crippen LogP contribution in [0.4, 0.5) is 0 Å². The average Bonchev–Trinajstić information content (AvgIpc) is 2.96. The third kappa shape index (κ3) is 4.31. The second-order valence-electron chi connectivity index (χ2n) is 4.93. The summed E-state index contributed by atoms with van der Waals surface area (Å²) in [5.41, 5.74) is 1.23. The Balaban J connectivity index is 2.25. The largest absolute Gasteiger partial charge is 0.496 e. The van der Waals surface area contributed by atoms with Crippen molar-refractivity contribution < 1.29 is 4.74 Å². The van der Waals surface area contributed by atoms with Gasteiger partial charge in [-0.2, -0.15) is 0 Å². The summed E-state index contributed by atoms with van der Waals surface area (Å²) < 4.78 is 6.59. The number of halogens is 1. The van der Waals surface area contributed by atoms with E-state index in [0.29, 0.717) is 6.04 Å². The predicted octanol–water partition coefficient (Wildman–Crippen LogP) is 4.97. The molecular weight excluding hydrogens is 346 g/mol. The molecule has 0 saturated carbocycles. The van der Waals surface area contributed by atoms with Crippen molar-refractivity contribution in [1.82, 2.24) is 5.32 Å². The van der Waals surface area contributed by atoms with Gasteiger partial charge in [0.1, 0.15) is 5.75 Å². The summed E-state index contributed by atoms with van der Waals surface area (Å²) in [5, 5.41) is 3.60. The van der Waals surface area contributed by atoms with Crippen molar-refractivity contribution in [2.24, 2.45) is 0 Å². The van der Waals surface area contributed by atoms with Crippen LogP contribution in [-0.4, -0.2) is 13.7 Å².